The lowest BCUT2D eigenvalue weighted by molar-refractivity contribution is -0.115. The quantitative estimate of drug-likeness (QED) is 0.501. The van der Waals surface area contributed by atoms with Crippen molar-refractivity contribution in [3.05, 3.63) is 82.2 Å². The first-order valence-corrected chi connectivity index (χ1v) is 11.5. The molecule has 0 aliphatic heterocycles. The van der Waals surface area contributed by atoms with E-state index >= 15 is 0 Å². The summed E-state index contributed by atoms with van der Waals surface area (Å²) in [6.07, 6.45) is 3.01. The summed E-state index contributed by atoms with van der Waals surface area (Å²) < 4.78 is 0. The Labute approximate surface area is 179 Å². The van der Waals surface area contributed by atoms with E-state index in [2.05, 4.69) is 18.3 Å². The highest BCUT2D eigenvalue weighted by molar-refractivity contribution is 8.00. The summed E-state index contributed by atoms with van der Waals surface area (Å²) in [6, 6.07) is 22.1. The first kappa shape index (κ1) is 19.8. The maximum Gasteiger partial charge on any atom is 0.243 e. The molecule has 146 valence electrons. The highest BCUT2D eigenvalue weighted by Gasteiger charge is 2.27. The van der Waals surface area contributed by atoms with E-state index in [0.29, 0.717) is 16.5 Å². The van der Waals surface area contributed by atoms with Gasteiger partial charge in [0.25, 0.3) is 0 Å². The van der Waals surface area contributed by atoms with Crippen molar-refractivity contribution in [2.45, 2.75) is 36.3 Å². The van der Waals surface area contributed by atoms with Gasteiger partial charge in [0, 0.05) is 9.77 Å². The van der Waals surface area contributed by atoms with Gasteiger partial charge in [0.2, 0.25) is 5.91 Å². The Morgan fingerprint density at radius 3 is 2.55 bits per heavy atom. The van der Waals surface area contributed by atoms with Crippen molar-refractivity contribution in [1.29, 1.82) is 5.26 Å². The number of benzene rings is 2. The van der Waals surface area contributed by atoms with Crippen molar-refractivity contribution in [3.8, 4) is 6.07 Å². The van der Waals surface area contributed by atoms with E-state index in [1.807, 2.05) is 60.7 Å². The second kappa shape index (κ2) is 8.86. The fourth-order valence-electron chi connectivity index (χ4n) is 3.67. The molecule has 0 bridgehead atoms. The molecule has 1 heterocycles. The number of amides is 1. The van der Waals surface area contributed by atoms with Crippen molar-refractivity contribution in [1.82, 2.24) is 0 Å². The first-order chi connectivity index (χ1) is 14.2. The molecule has 5 heteroatoms. The number of thiophene rings is 1. The standard InChI is InChI=1S/C24H22N2OS2/c1-16-12-13-19-20(15-25)24(29-21(19)14-16)26-23(27)22(17-8-4-2-5-9-17)28-18-10-6-3-7-11-18/h2-11,16,22H,12-14H2,1H3,(H,26,27). The summed E-state index contributed by atoms with van der Waals surface area (Å²) >= 11 is 3.10. The number of fused-ring (bicyclic) bond motifs is 1. The zero-order valence-corrected chi connectivity index (χ0v) is 17.9. The fraction of sp³-hybridized carbons (Fsp3) is 0.250. The van der Waals surface area contributed by atoms with Gasteiger partial charge in [-0.3, -0.25) is 4.79 Å². The molecule has 0 saturated carbocycles. The number of rotatable bonds is 5. The van der Waals surface area contributed by atoms with Crippen molar-refractivity contribution in [2.75, 3.05) is 5.32 Å². The Hall–Kier alpha value is -2.55. The van der Waals surface area contributed by atoms with Gasteiger partial charge in [0.1, 0.15) is 16.3 Å². The van der Waals surface area contributed by atoms with Crippen LogP contribution in [0.3, 0.4) is 0 Å². The van der Waals surface area contributed by atoms with Gasteiger partial charge in [0.15, 0.2) is 0 Å². The lowest BCUT2D eigenvalue weighted by Crippen LogP contribution is -2.19. The van der Waals surface area contributed by atoms with Gasteiger partial charge < -0.3 is 5.32 Å². The fourth-order valence-corrected chi connectivity index (χ4v) is 6.08. The molecule has 1 N–H and O–H groups in total. The molecule has 2 aromatic carbocycles. The van der Waals surface area contributed by atoms with Crippen molar-refractivity contribution >= 4 is 34.0 Å². The third-order valence-corrected chi connectivity index (χ3v) is 7.63. The average Bonchev–Trinajstić information content (AvgIpc) is 3.09. The molecule has 0 spiro atoms. The molecule has 1 aromatic heterocycles. The SMILES string of the molecule is CC1CCc2c(sc(NC(=O)C(Sc3ccccc3)c3ccccc3)c2C#N)C1. The molecule has 3 aromatic rings. The molecule has 0 fully saturated rings. The van der Waals surface area contributed by atoms with Crippen LogP contribution in [0.15, 0.2) is 65.6 Å². The van der Waals surface area contributed by atoms with E-state index in [-0.39, 0.29) is 11.2 Å². The topological polar surface area (TPSA) is 52.9 Å². The van der Waals surface area contributed by atoms with Gasteiger partial charge in [-0.1, -0.05) is 55.5 Å². The number of carbonyl (C=O) groups is 1. The molecular weight excluding hydrogens is 396 g/mol. The first-order valence-electron chi connectivity index (χ1n) is 9.78. The highest BCUT2D eigenvalue weighted by atomic mass is 32.2. The van der Waals surface area contributed by atoms with E-state index in [9.17, 15) is 10.1 Å². The molecule has 1 aliphatic rings. The Morgan fingerprint density at radius 1 is 1.17 bits per heavy atom. The van der Waals surface area contributed by atoms with Crippen molar-refractivity contribution < 1.29 is 4.79 Å². The Kier molecular flexibility index (Phi) is 6.03. The maximum atomic E-state index is 13.3. The lowest BCUT2D eigenvalue weighted by atomic mass is 9.88. The molecular formula is C24H22N2OS2. The average molecular weight is 419 g/mol. The zero-order valence-electron chi connectivity index (χ0n) is 16.2. The highest BCUT2D eigenvalue weighted by Crippen LogP contribution is 2.41. The van der Waals surface area contributed by atoms with Crippen molar-refractivity contribution in [2.24, 2.45) is 5.92 Å². The minimum atomic E-state index is -0.386. The van der Waals surface area contributed by atoms with E-state index in [1.54, 1.807) is 11.3 Å². The van der Waals surface area contributed by atoms with Gasteiger partial charge in [-0.05, 0) is 48.4 Å². The second-order valence-electron chi connectivity index (χ2n) is 7.38. The van der Waals surface area contributed by atoms with Crippen LogP contribution < -0.4 is 5.32 Å². The van der Waals surface area contributed by atoms with Crippen LogP contribution in [0.1, 0.15) is 40.2 Å². The predicted octanol–water partition coefficient (Wildman–Crippen LogP) is 6.22. The Bertz CT molecular complexity index is 1040. The molecule has 4 rings (SSSR count). The number of anilines is 1. The monoisotopic (exact) mass is 418 g/mol. The van der Waals surface area contributed by atoms with Gasteiger partial charge in [0.05, 0.1) is 5.56 Å². The summed E-state index contributed by atoms with van der Waals surface area (Å²) in [4.78, 5) is 15.6. The molecule has 0 saturated heterocycles. The number of thioether (sulfide) groups is 1. The summed E-state index contributed by atoms with van der Waals surface area (Å²) in [5.41, 5.74) is 2.74. The predicted molar refractivity (Wildman–Crippen MR) is 120 cm³/mol. The number of nitrogens with zero attached hydrogens (tertiary/aromatic N) is 1. The van der Waals surface area contributed by atoms with Crippen LogP contribution in [0.5, 0.6) is 0 Å². The smallest absolute Gasteiger partial charge is 0.243 e. The number of hydrogen-bond donors (Lipinski definition) is 1. The van der Waals surface area contributed by atoms with Crippen LogP contribution in [0.2, 0.25) is 0 Å². The van der Waals surface area contributed by atoms with E-state index in [1.165, 1.54) is 16.6 Å². The normalized spacial score (nSPS) is 16.5. The summed E-state index contributed by atoms with van der Waals surface area (Å²) in [6.45, 7) is 2.24. The minimum absolute atomic E-state index is 0.0896. The molecule has 2 unspecified atom stereocenters. The molecule has 1 amide bonds. The van der Waals surface area contributed by atoms with Crippen LogP contribution in [0.25, 0.3) is 0 Å². The third kappa shape index (κ3) is 4.39. The van der Waals surface area contributed by atoms with Gasteiger partial charge in [-0.15, -0.1) is 23.1 Å². The lowest BCUT2D eigenvalue weighted by Gasteiger charge is -2.17. The summed E-state index contributed by atoms with van der Waals surface area (Å²) in [5, 5.41) is 13.1. The number of hydrogen-bond acceptors (Lipinski definition) is 4. The Morgan fingerprint density at radius 2 is 1.86 bits per heavy atom. The van der Waals surface area contributed by atoms with Crippen LogP contribution >= 0.6 is 23.1 Å². The van der Waals surface area contributed by atoms with E-state index in [0.717, 1.165) is 35.3 Å². The van der Waals surface area contributed by atoms with E-state index in [4.69, 9.17) is 0 Å². The number of nitriles is 1. The molecule has 1 aliphatic carbocycles. The van der Waals surface area contributed by atoms with Crippen LogP contribution in [0, 0.1) is 17.2 Å². The van der Waals surface area contributed by atoms with Crippen LogP contribution in [0.4, 0.5) is 5.00 Å². The molecule has 2 atom stereocenters. The van der Waals surface area contributed by atoms with Gasteiger partial charge >= 0.3 is 0 Å². The summed E-state index contributed by atoms with van der Waals surface area (Å²) in [5.74, 6) is 0.537. The third-order valence-electron chi connectivity index (χ3n) is 5.20. The summed E-state index contributed by atoms with van der Waals surface area (Å²) in [7, 11) is 0. The minimum Gasteiger partial charge on any atom is -0.315 e. The number of nitrogens with one attached hydrogen (secondary N) is 1. The zero-order chi connectivity index (χ0) is 20.2. The van der Waals surface area contributed by atoms with Crippen LogP contribution in [-0.2, 0) is 17.6 Å². The van der Waals surface area contributed by atoms with Gasteiger partial charge in [-0.2, -0.15) is 5.26 Å². The van der Waals surface area contributed by atoms with Gasteiger partial charge in [-0.25, -0.2) is 0 Å². The van der Waals surface area contributed by atoms with E-state index < -0.39 is 0 Å². The largest absolute Gasteiger partial charge is 0.315 e. The molecule has 29 heavy (non-hydrogen) atoms. The molecule has 3 nitrogen and oxygen atoms in total. The maximum absolute atomic E-state index is 13.3. The second-order valence-corrected chi connectivity index (χ2v) is 9.66. The molecule has 0 radical (unpaired) electrons. The number of carbonyl (C=O) groups excluding carboxylic acids is 1. The Balaban J connectivity index is 1.63. The van der Waals surface area contributed by atoms with Crippen molar-refractivity contribution in [3.63, 3.8) is 0 Å². The van der Waals surface area contributed by atoms with Crippen LogP contribution in [-0.4, -0.2) is 5.91 Å².